The normalized spacial score (nSPS) is 12.2. The van der Waals surface area contributed by atoms with Crippen molar-refractivity contribution in [3.8, 4) is 11.5 Å². The minimum absolute atomic E-state index is 0.0202. The van der Waals surface area contributed by atoms with Crippen molar-refractivity contribution in [3.05, 3.63) is 17.9 Å². The van der Waals surface area contributed by atoms with E-state index >= 15 is 0 Å². The lowest BCUT2D eigenvalue weighted by Gasteiger charge is -2.16. The fourth-order valence-electron chi connectivity index (χ4n) is 1.79. The molecule has 112 valence electrons. The molecule has 0 aliphatic rings. The van der Waals surface area contributed by atoms with E-state index in [9.17, 15) is 9.18 Å². The number of carbonyl (C=O) groups is 1. The van der Waals surface area contributed by atoms with Gasteiger partial charge in [-0.3, -0.25) is 4.79 Å². The summed E-state index contributed by atoms with van der Waals surface area (Å²) in [7, 11) is 2.85. The predicted molar refractivity (Wildman–Crippen MR) is 75.6 cm³/mol. The van der Waals surface area contributed by atoms with E-state index in [1.54, 1.807) is 0 Å². The molecule has 0 aliphatic carbocycles. The number of rotatable bonds is 6. The zero-order valence-corrected chi connectivity index (χ0v) is 12.2. The Labute approximate surface area is 118 Å². The number of methoxy groups -OCH3 is 2. The Balaban J connectivity index is 2.89. The van der Waals surface area contributed by atoms with Gasteiger partial charge < -0.3 is 20.5 Å². The number of hydrogen-bond acceptors (Lipinski definition) is 4. The van der Waals surface area contributed by atoms with Crippen LogP contribution < -0.4 is 20.5 Å². The minimum Gasteiger partial charge on any atom is -0.493 e. The first-order valence-electron chi connectivity index (χ1n) is 6.37. The van der Waals surface area contributed by atoms with Crippen LogP contribution in [0.1, 0.15) is 20.3 Å². The van der Waals surface area contributed by atoms with Gasteiger partial charge in [-0.2, -0.15) is 0 Å². The minimum atomic E-state index is -0.678. The Morgan fingerprint density at radius 1 is 1.30 bits per heavy atom. The average Bonchev–Trinajstić information content (AvgIpc) is 2.39. The number of carbonyl (C=O) groups excluding carboxylic acids is 1. The van der Waals surface area contributed by atoms with Gasteiger partial charge in [0.25, 0.3) is 0 Å². The van der Waals surface area contributed by atoms with Gasteiger partial charge in [0, 0.05) is 12.1 Å². The van der Waals surface area contributed by atoms with Crippen LogP contribution in [0, 0.1) is 11.7 Å². The van der Waals surface area contributed by atoms with E-state index in [-0.39, 0.29) is 17.4 Å². The highest BCUT2D eigenvalue weighted by molar-refractivity contribution is 5.95. The number of nitrogens with two attached hydrogens (primary N) is 1. The SMILES string of the molecule is COc1cc(F)c(NC(=O)[C@@H](N)CC(C)C)cc1OC. The third-order valence-electron chi connectivity index (χ3n) is 2.79. The zero-order chi connectivity index (χ0) is 15.3. The predicted octanol–water partition coefficient (Wildman–Crippen LogP) is 2.15. The highest BCUT2D eigenvalue weighted by atomic mass is 19.1. The van der Waals surface area contributed by atoms with Crippen molar-refractivity contribution in [1.82, 2.24) is 0 Å². The zero-order valence-electron chi connectivity index (χ0n) is 12.2. The first kappa shape index (κ1) is 16.2. The summed E-state index contributed by atoms with van der Waals surface area (Å²) in [4.78, 5) is 11.9. The van der Waals surface area contributed by atoms with Crippen LogP contribution in [0.2, 0.25) is 0 Å². The number of hydrogen-bond donors (Lipinski definition) is 2. The Bertz CT molecular complexity index is 478. The van der Waals surface area contributed by atoms with Crippen molar-refractivity contribution in [2.45, 2.75) is 26.3 Å². The second kappa shape index (κ2) is 7.09. The summed E-state index contributed by atoms with van der Waals surface area (Å²) in [5.74, 6) is -0.153. The molecule has 0 fully saturated rings. The van der Waals surface area contributed by atoms with Crippen molar-refractivity contribution in [3.63, 3.8) is 0 Å². The van der Waals surface area contributed by atoms with Crippen molar-refractivity contribution in [2.24, 2.45) is 11.7 Å². The molecule has 5 nitrogen and oxygen atoms in total. The second-order valence-corrected chi connectivity index (χ2v) is 4.91. The highest BCUT2D eigenvalue weighted by Gasteiger charge is 2.18. The van der Waals surface area contributed by atoms with Crippen LogP contribution in [-0.2, 0) is 4.79 Å². The van der Waals surface area contributed by atoms with Gasteiger partial charge in [-0.1, -0.05) is 13.8 Å². The first-order chi connectivity index (χ1) is 9.38. The van der Waals surface area contributed by atoms with Gasteiger partial charge in [0.05, 0.1) is 25.9 Å². The molecule has 0 spiro atoms. The van der Waals surface area contributed by atoms with Crippen molar-refractivity contribution in [2.75, 3.05) is 19.5 Å². The fraction of sp³-hybridized carbons (Fsp3) is 0.500. The molecule has 3 N–H and O–H groups in total. The summed E-state index contributed by atoms with van der Waals surface area (Å²) in [6.45, 7) is 3.92. The maximum Gasteiger partial charge on any atom is 0.241 e. The van der Waals surface area contributed by atoms with Gasteiger partial charge in [-0.15, -0.1) is 0 Å². The van der Waals surface area contributed by atoms with E-state index in [1.165, 1.54) is 20.3 Å². The van der Waals surface area contributed by atoms with Gasteiger partial charge >= 0.3 is 0 Å². The maximum absolute atomic E-state index is 13.8. The number of amides is 1. The Kier molecular flexibility index (Phi) is 5.76. The molecular formula is C14H21FN2O3. The number of benzene rings is 1. The molecule has 1 amide bonds. The van der Waals surface area contributed by atoms with Gasteiger partial charge in [-0.05, 0) is 12.3 Å². The Morgan fingerprint density at radius 3 is 2.35 bits per heavy atom. The van der Waals surface area contributed by atoms with E-state index in [0.29, 0.717) is 12.2 Å². The monoisotopic (exact) mass is 284 g/mol. The van der Waals surface area contributed by atoms with Crippen molar-refractivity contribution >= 4 is 11.6 Å². The summed E-state index contributed by atoms with van der Waals surface area (Å²) in [5.41, 5.74) is 5.77. The third kappa shape index (κ3) is 4.09. The summed E-state index contributed by atoms with van der Waals surface area (Å²) >= 11 is 0. The molecule has 0 saturated carbocycles. The molecule has 0 aliphatic heterocycles. The lowest BCUT2D eigenvalue weighted by atomic mass is 10.0. The quantitative estimate of drug-likeness (QED) is 0.839. The van der Waals surface area contributed by atoms with Crippen molar-refractivity contribution < 1.29 is 18.7 Å². The molecule has 0 aromatic heterocycles. The van der Waals surface area contributed by atoms with E-state index in [2.05, 4.69) is 5.32 Å². The molecule has 0 unspecified atom stereocenters. The topological polar surface area (TPSA) is 73.6 Å². The molecule has 1 aromatic carbocycles. The molecule has 20 heavy (non-hydrogen) atoms. The molecular weight excluding hydrogens is 263 g/mol. The molecule has 1 rings (SSSR count). The molecule has 1 atom stereocenters. The average molecular weight is 284 g/mol. The molecule has 0 heterocycles. The smallest absolute Gasteiger partial charge is 0.241 e. The number of anilines is 1. The maximum atomic E-state index is 13.8. The van der Waals surface area contributed by atoms with Crippen LogP contribution in [0.25, 0.3) is 0 Å². The van der Waals surface area contributed by atoms with Crippen LogP contribution in [0.5, 0.6) is 11.5 Å². The number of halogens is 1. The number of nitrogens with one attached hydrogen (secondary N) is 1. The van der Waals surface area contributed by atoms with Crippen molar-refractivity contribution in [1.29, 1.82) is 0 Å². The summed E-state index contributed by atoms with van der Waals surface area (Å²) in [6.07, 6.45) is 0.529. The Hall–Kier alpha value is -1.82. The first-order valence-corrected chi connectivity index (χ1v) is 6.37. The van der Waals surface area contributed by atoms with E-state index < -0.39 is 17.8 Å². The lowest BCUT2D eigenvalue weighted by Crippen LogP contribution is -2.36. The number of ether oxygens (including phenoxy) is 2. The van der Waals surface area contributed by atoms with Gasteiger partial charge in [0.2, 0.25) is 5.91 Å². The Morgan fingerprint density at radius 2 is 1.85 bits per heavy atom. The van der Waals surface area contributed by atoms with Crippen LogP contribution in [-0.4, -0.2) is 26.2 Å². The molecule has 0 radical (unpaired) electrons. The third-order valence-corrected chi connectivity index (χ3v) is 2.79. The molecule has 0 bridgehead atoms. The van der Waals surface area contributed by atoms with Gasteiger partial charge in [0.1, 0.15) is 0 Å². The lowest BCUT2D eigenvalue weighted by molar-refractivity contribution is -0.117. The van der Waals surface area contributed by atoms with E-state index in [4.69, 9.17) is 15.2 Å². The highest BCUT2D eigenvalue weighted by Crippen LogP contribution is 2.32. The standard InChI is InChI=1S/C14H21FN2O3/c1-8(2)5-10(16)14(18)17-11-7-13(20-4)12(19-3)6-9(11)15/h6-8,10H,5,16H2,1-4H3,(H,17,18)/t10-/m0/s1. The van der Waals surface area contributed by atoms with E-state index in [0.717, 1.165) is 6.07 Å². The van der Waals surface area contributed by atoms with Crippen LogP contribution in [0.15, 0.2) is 12.1 Å². The largest absolute Gasteiger partial charge is 0.493 e. The molecule has 0 saturated heterocycles. The molecule has 6 heteroatoms. The van der Waals surface area contributed by atoms with E-state index in [1.807, 2.05) is 13.8 Å². The molecule has 1 aromatic rings. The fourth-order valence-corrected chi connectivity index (χ4v) is 1.79. The van der Waals surface area contributed by atoms with Crippen LogP contribution in [0.4, 0.5) is 10.1 Å². The summed E-state index contributed by atoms with van der Waals surface area (Å²) < 4.78 is 23.9. The van der Waals surface area contributed by atoms with Crippen LogP contribution in [0.3, 0.4) is 0 Å². The van der Waals surface area contributed by atoms with Gasteiger partial charge in [0.15, 0.2) is 17.3 Å². The summed E-state index contributed by atoms with van der Waals surface area (Å²) in [6, 6.07) is 1.85. The second-order valence-electron chi connectivity index (χ2n) is 4.91. The summed E-state index contributed by atoms with van der Waals surface area (Å²) in [5, 5.41) is 2.47. The van der Waals surface area contributed by atoms with Crippen LogP contribution >= 0.6 is 0 Å². The van der Waals surface area contributed by atoms with Gasteiger partial charge in [-0.25, -0.2) is 4.39 Å².